The Hall–Kier alpha value is -2.74. The van der Waals surface area contributed by atoms with Crippen LogP contribution in [0.4, 0.5) is 5.69 Å². The molecule has 4 amide bonds. The molecule has 1 unspecified atom stereocenters. The lowest BCUT2D eigenvalue weighted by Crippen LogP contribution is -2.46. The van der Waals surface area contributed by atoms with Crippen LogP contribution in [-0.4, -0.2) is 41.1 Å². The molecule has 8 heteroatoms. The number of nitrogens with one attached hydrogen (secondary N) is 2. The Labute approximate surface area is 138 Å². The quantitative estimate of drug-likeness (QED) is 0.659. The van der Waals surface area contributed by atoms with Crippen molar-refractivity contribution in [3.8, 4) is 0 Å². The van der Waals surface area contributed by atoms with Gasteiger partial charge >= 0.3 is 0 Å². The molecule has 4 N–H and O–H groups in total. The molecule has 0 aromatic heterocycles. The average Bonchev–Trinajstić information content (AvgIpc) is 2.79. The number of anilines is 1. The van der Waals surface area contributed by atoms with Crippen molar-refractivity contribution in [3.05, 3.63) is 29.3 Å². The highest BCUT2D eigenvalue weighted by atomic mass is 16.2. The number of nitrogens with zero attached hydrogens (tertiary/aromatic N) is 1. The highest BCUT2D eigenvalue weighted by Crippen LogP contribution is 2.32. The molecule has 2 aliphatic heterocycles. The van der Waals surface area contributed by atoms with E-state index in [-0.39, 0.29) is 37.2 Å². The summed E-state index contributed by atoms with van der Waals surface area (Å²) in [6.07, 6.45) is 1.25. The normalized spacial score (nSPS) is 20.5. The van der Waals surface area contributed by atoms with Gasteiger partial charge in [0.15, 0.2) is 0 Å². The second-order valence-electron chi connectivity index (χ2n) is 5.84. The van der Waals surface area contributed by atoms with Crippen LogP contribution in [0.25, 0.3) is 0 Å². The van der Waals surface area contributed by atoms with Crippen LogP contribution in [0.2, 0.25) is 0 Å². The van der Waals surface area contributed by atoms with Crippen molar-refractivity contribution in [1.29, 1.82) is 0 Å². The van der Waals surface area contributed by atoms with E-state index in [1.54, 1.807) is 18.2 Å². The molecular weight excluding hydrogens is 312 g/mol. The number of fused-ring (bicyclic) bond motifs is 1. The zero-order valence-corrected chi connectivity index (χ0v) is 13.0. The first-order valence-electron chi connectivity index (χ1n) is 7.77. The Morgan fingerprint density at radius 2 is 2.12 bits per heavy atom. The van der Waals surface area contributed by atoms with Crippen LogP contribution >= 0.6 is 0 Å². The van der Waals surface area contributed by atoms with Crippen molar-refractivity contribution < 1.29 is 19.2 Å². The zero-order valence-electron chi connectivity index (χ0n) is 13.0. The number of rotatable bonds is 3. The number of hydrogen-bond acceptors (Lipinski definition) is 5. The first-order valence-corrected chi connectivity index (χ1v) is 7.77. The van der Waals surface area contributed by atoms with Gasteiger partial charge in [-0.2, -0.15) is 0 Å². The van der Waals surface area contributed by atoms with Gasteiger partial charge in [-0.3, -0.25) is 24.5 Å². The second-order valence-corrected chi connectivity index (χ2v) is 5.84. The minimum Gasteiger partial charge on any atom is -0.325 e. The zero-order chi connectivity index (χ0) is 17.3. The van der Waals surface area contributed by atoms with Crippen LogP contribution in [0.15, 0.2) is 18.2 Å². The van der Waals surface area contributed by atoms with E-state index >= 15 is 0 Å². The van der Waals surface area contributed by atoms with E-state index in [0.29, 0.717) is 29.7 Å². The minimum absolute atomic E-state index is 0.158. The first kappa shape index (κ1) is 16.1. The molecule has 24 heavy (non-hydrogen) atoms. The average molecular weight is 330 g/mol. The fourth-order valence-electron chi connectivity index (χ4n) is 3.09. The lowest BCUT2D eigenvalue weighted by Gasteiger charge is -2.24. The van der Waals surface area contributed by atoms with Crippen molar-refractivity contribution in [2.24, 2.45) is 5.73 Å². The Morgan fingerprint density at radius 3 is 2.88 bits per heavy atom. The fourth-order valence-corrected chi connectivity index (χ4v) is 3.09. The maximum atomic E-state index is 12.7. The topological polar surface area (TPSA) is 122 Å². The van der Waals surface area contributed by atoms with Crippen LogP contribution in [-0.2, 0) is 20.9 Å². The van der Waals surface area contributed by atoms with Gasteiger partial charge in [0.05, 0.1) is 6.54 Å². The summed E-state index contributed by atoms with van der Waals surface area (Å²) in [7, 11) is 0. The van der Waals surface area contributed by atoms with Crippen LogP contribution in [0.3, 0.4) is 0 Å². The van der Waals surface area contributed by atoms with Gasteiger partial charge in [0.25, 0.3) is 5.91 Å². The summed E-state index contributed by atoms with van der Waals surface area (Å²) in [6, 6.07) is 4.34. The minimum atomic E-state index is -0.686. The SMILES string of the molecule is NCC(=O)Nc1cccc2c1CN(C1CCCC(=O)NC1=O)C2=O. The van der Waals surface area contributed by atoms with E-state index in [9.17, 15) is 19.2 Å². The van der Waals surface area contributed by atoms with Crippen LogP contribution in [0.1, 0.15) is 35.2 Å². The molecule has 1 atom stereocenters. The largest absolute Gasteiger partial charge is 0.325 e. The smallest absolute Gasteiger partial charge is 0.255 e. The number of carbonyl (C=O) groups excluding carboxylic acids is 4. The highest BCUT2D eigenvalue weighted by Gasteiger charge is 2.38. The molecule has 0 spiro atoms. The molecule has 0 aliphatic carbocycles. The number of nitrogens with two attached hydrogens (primary N) is 1. The van der Waals surface area contributed by atoms with Gasteiger partial charge < -0.3 is 16.0 Å². The predicted octanol–water partition coefficient (Wildman–Crippen LogP) is -0.265. The molecule has 1 saturated heterocycles. The summed E-state index contributed by atoms with van der Waals surface area (Å²) in [6.45, 7) is 0.0515. The van der Waals surface area contributed by atoms with Gasteiger partial charge in [-0.1, -0.05) is 6.07 Å². The van der Waals surface area contributed by atoms with E-state index in [0.717, 1.165) is 0 Å². The maximum Gasteiger partial charge on any atom is 0.255 e. The Kier molecular flexibility index (Phi) is 4.30. The van der Waals surface area contributed by atoms with Gasteiger partial charge in [-0.15, -0.1) is 0 Å². The third kappa shape index (κ3) is 2.88. The van der Waals surface area contributed by atoms with Gasteiger partial charge in [-0.05, 0) is 25.0 Å². The second kappa shape index (κ2) is 6.40. The molecule has 2 aliphatic rings. The van der Waals surface area contributed by atoms with E-state index in [1.165, 1.54) is 4.90 Å². The third-order valence-electron chi connectivity index (χ3n) is 4.28. The van der Waals surface area contributed by atoms with Gasteiger partial charge in [0.2, 0.25) is 17.7 Å². The van der Waals surface area contributed by atoms with Crippen molar-refractivity contribution in [1.82, 2.24) is 10.2 Å². The molecule has 0 saturated carbocycles. The maximum absolute atomic E-state index is 12.7. The van der Waals surface area contributed by atoms with Crippen molar-refractivity contribution in [3.63, 3.8) is 0 Å². The summed E-state index contributed by atoms with van der Waals surface area (Å²) >= 11 is 0. The molecule has 1 fully saturated rings. The number of hydrogen-bond donors (Lipinski definition) is 3. The number of amides is 4. The van der Waals surface area contributed by atoms with E-state index in [4.69, 9.17) is 5.73 Å². The predicted molar refractivity (Wildman–Crippen MR) is 84.8 cm³/mol. The molecule has 126 valence electrons. The summed E-state index contributed by atoms with van der Waals surface area (Å²) in [5.41, 5.74) is 6.94. The van der Waals surface area contributed by atoms with Crippen molar-refractivity contribution in [2.45, 2.75) is 31.8 Å². The molecule has 0 bridgehead atoms. The first-order chi connectivity index (χ1) is 11.5. The van der Waals surface area contributed by atoms with Crippen LogP contribution in [0, 0.1) is 0 Å². The van der Waals surface area contributed by atoms with Crippen LogP contribution in [0.5, 0.6) is 0 Å². The van der Waals surface area contributed by atoms with Crippen molar-refractivity contribution in [2.75, 3.05) is 11.9 Å². The molecule has 3 rings (SSSR count). The van der Waals surface area contributed by atoms with E-state index in [2.05, 4.69) is 10.6 Å². The number of benzene rings is 1. The Morgan fingerprint density at radius 1 is 1.33 bits per heavy atom. The lowest BCUT2D eigenvalue weighted by molar-refractivity contribution is -0.132. The highest BCUT2D eigenvalue weighted by molar-refractivity contribution is 6.06. The van der Waals surface area contributed by atoms with Gasteiger partial charge in [0.1, 0.15) is 6.04 Å². The molecule has 8 nitrogen and oxygen atoms in total. The fraction of sp³-hybridized carbons (Fsp3) is 0.375. The van der Waals surface area contributed by atoms with Gasteiger partial charge in [-0.25, -0.2) is 0 Å². The van der Waals surface area contributed by atoms with E-state index < -0.39 is 11.9 Å². The molecular formula is C16H18N4O4. The van der Waals surface area contributed by atoms with Crippen LogP contribution < -0.4 is 16.4 Å². The summed E-state index contributed by atoms with van der Waals surface area (Å²) < 4.78 is 0. The van der Waals surface area contributed by atoms with E-state index in [1.807, 2.05) is 0 Å². The van der Waals surface area contributed by atoms with Crippen molar-refractivity contribution >= 4 is 29.3 Å². The Bertz CT molecular complexity index is 731. The summed E-state index contributed by atoms with van der Waals surface area (Å²) in [4.78, 5) is 49.3. The summed E-state index contributed by atoms with van der Waals surface area (Å²) in [5, 5.41) is 4.98. The molecule has 1 aromatic carbocycles. The number of carbonyl (C=O) groups is 4. The standard InChI is InChI=1S/C16H18N4O4/c17-7-14(22)18-11-4-1-3-9-10(11)8-20(16(9)24)12-5-2-6-13(21)19-15(12)23/h1,3-4,12H,2,5-8,17H2,(H,18,22)(H,19,21,23). The monoisotopic (exact) mass is 330 g/mol. The molecule has 1 aromatic rings. The Balaban J connectivity index is 1.87. The molecule has 0 radical (unpaired) electrons. The lowest BCUT2D eigenvalue weighted by atomic mass is 10.1. The number of imide groups is 1. The summed E-state index contributed by atoms with van der Waals surface area (Å²) in [5.74, 6) is -1.40. The molecule has 2 heterocycles. The third-order valence-corrected chi connectivity index (χ3v) is 4.28. The van der Waals surface area contributed by atoms with Gasteiger partial charge in [0, 0.05) is 29.8 Å².